The minimum absolute atomic E-state index is 0.0109. The molecule has 25 heavy (non-hydrogen) atoms. The number of amides is 1. The van der Waals surface area contributed by atoms with Gasteiger partial charge in [-0.25, -0.2) is 9.67 Å². The van der Waals surface area contributed by atoms with E-state index >= 15 is 0 Å². The number of nitrogens with zero attached hydrogens (tertiary/aromatic N) is 4. The summed E-state index contributed by atoms with van der Waals surface area (Å²) >= 11 is 0. The van der Waals surface area contributed by atoms with Crippen LogP contribution < -0.4 is 10.1 Å². The molecule has 132 valence electrons. The van der Waals surface area contributed by atoms with Crippen LogP contribution in [0.3, 0.4) is 0 Å². The van der Waals surface area contributed by atoms with Crippen molar-refractivity contribution in [3.63, 3.8) is 0 Å². The monoisotopic (exact) mass is 341 g/mol. The number of likely N-dealkylation sites (tertiary alicyclic amines) is 1. The van der Waals surface area contributed by atoms with Crippen LogP contribution in [0.25, 0.3) is 0 Å². The van der Waals surface area contributed by atoms with E-state index < -0.39 is 0 Å². The molecule has 1 unspecified atom stereocenters. The van der Waals surface area contributed by atoms with Crippen molar-refractivity contribution >= 4 is 11.7 Å². The van der Waals surface area contributed by atoms with E-state index in [0.717, 1.165) is 43.0 Å². The van der Waals surface area contributed by atoms with E-state index in [1.54, 1.807) is 7.11 Å². The molecule has 2 aromatic rings. The molecule has 4 rings (SSSR count). The Morgan fingerprint density at radius 1 is 1.28 bits per heavy atom. The predicted molar refractivity (Wildman–Crippen MR) is 93.9 cm³/mol. The fraction of sp³-hybridized carbons (Fsp3) is 0.500. The van der Waals surface area contributed by atoms with Gasteiger partial charge in [-0.1, -0.05) is 6.07 Å². The number of rotatable bonds is 3. The topological polar surface area (TPSA) is 72.3 Å². The highest BCUT2D eigenvalue weighted by atomic mass is 16.5. The van der Waals surface area contributed by atoms with E-state index in [1.165, 1.54) is 0 Å². The lowest BCUT2D eigenvalue weighted by molar-refractivity contribution is -0.116. The Balaban J connectivity index is 1.69. The van der Waals surface area contributed by atoms with Crippen LogP contribution in [-0.2, 0) is 4.79 Å². The molecule has 0 radical (unpaired) electrons. The Hall–Kier alpha value is -2.41. The maximum atomic E-state index is 12.3. The number of carbonyl (C=O) groups excluding carboxylic acids is 1. The van der Waals surface area contributed by atoms with Gasteiger partial charge in [0.15, 0.2) is 0 Å². The predicted octanol–water partition coefficient (Wildman–Crippen LogP) is 2.03. The number of methoxy groups -OCH3 is 1. The van der Waals surface area contributed by atoms with Crippen molar-refractivity contribution in [3.8, 4) is 5.88 Å². The normalized spacial score (nSPS) is 21.7. The fourth-order valence-electron chi connectivity index (χ4n) is 3.76. The van der Waals surface area contributed by atoms with Gasteiger partial charge < -0.3 is 15.0 Å². The summed E-state index contributed by atoms with van der Waals surface area (Å²) in [6.45, 7) is 2.10. The lowest BCUT2D eigenvalue weighted by Crippen LogP contribution is -2.33. The summed E-state index contributed by atoms with van der Waals surface area (Å²) in [5.74, 6) is 1.32. The molecule has 0 bridgehead atoms. The first-order valence-electron chi connectivity index (χ1n) is 8.72. The molecule has 2 aromatic heterocycles. The maximum Gasteiger partial charge on any atom is 0.226 e. The van der Waals surface area contributed by atoms with Crippen molar-refractivity contribution in [2.24, 2.45) is 0 Å². The van der Waals surface area contributed by atoms with Crippen LogP contribution in [0.4, 0.5) is 5.82 Å². The van der Waals surface area contributed by atoms with Gasteiger partial charge in [-0.15, -0.1) is 0 Å². The first kappa shape index (κ1) is 16.1. The zero-order valence-electron chi connectivity index (χ0n) is 14.6. The van der Waals surface area contributed by atoms with Gasteiger partial charge in [0.1, 0.15) is 5.82 Å². The highest BCUT2D eigenvalue weighted by Gasteiger charge is 2.33. The van der Waals surface area contributed by atoms with Crippen LogP contribution in [-0.4, -0.2) is 52.8 Å². The number of piperidine rings is 1. The number of fused-ring (bicyclic) bond motifs is 1. The molecule has 1 atom stereocenters. The lowest BCUT2D eigenvalue weighted by Gasteiger charge is -2.31. The van der Waals surface area contributed by atoms with Crippen molar-refractivity contribution in [2.45, 2.75) is 31.2 Å². The van der Waals surface area contributed by atoms with Crippen LogP contribution in [0, 0.1) is 0 Å². The summed E-state index contributed by atoms with van der Waals surface area (Å²) in [7, 11) is 3.74. The third-order valence-corrected chi connectivity index (χ3v) is 5.19. The molecule has 7 nitrogen and oxygen atoms in total. The smallest absolute Gasteiger partial charge is 0.226 e. The van der Waals surface area contributed by atoms with Crippen LogP contribution >= 0.6 is 0 Å². The molecule has 0 aromatic carbocycles. The minimum Gasteiger partial charge on any atom is -0.481 e. The average Bonchev–Trinajstić information content (AvgIpc) is 3.05. The summed E-state index contributed by atoms with van der Waals surface area (Å²) in [6.07, 6.45) is 4.36. The summed E-state index contributed by atoms with van der Waals surface area (Å²) in [5, 5.41) is 7.66. The molecule has 1 N–H and O–H groups in total. The molecule has 0 spiro atoms. The number of ether oxygens (including phenoxy) is 1. The molecule has 0 aliphatic carbocycles. The van der Waals surface area contributed by atoms with Crippen LogP contribution in [0.15, 0.2) is 24.4 Å². The van der Waals surface area contributed by atoms with Crippen molar-refractivity contribution in [3.05, 3.63) is 35.7 Å². The second-order valence-corrected chi connectivity index (χ2v) is 6.84. The third-order valence-electron chi connectivity index (χ3n) is 5.19. The summed E-state index contributed by atoms with van der Waals surface area (Å²) < 4.78 is 7.24. The summed E-state index contributed by atoms with van der Waals surface area (Å²) in [6, 6.07) is 6.00. The Morgan fingerprint density at radius 2 is 2.08 bits per heavy atom. The SMILES string of the molecule is COc1cccc(C2CC(=O)Nc3c2cnn3C2CCN(C)CC2)n1. The molecular formula is C18H23N5O2. The van der Waals surface area contributed by atoms with Gasteiger partial charge in [0.05, 0.1) is 25.0 Å². The molecule has 7 heteroatoms. The highest BCUT2D eigenvalue weighted by molar-refractivity contribution is 5.94. The molecular weight excluding hydrogens is 318 g/mol. The summed E-state index contributed by atoms with van der Waals surface area (Å²) in [4.78, 5) is 19.2. The Morgan fingerprint density at radius 3 is 2.84 bits per heavy atom. The van der Waals surface area contributed by atoms with Gasteiger partial charge in [0.25, 0.3) is 0 Å². The van der Waals surface area contributed by atoms with E-state index in [2.05, 4.69) is 27.3 Å². The average molecular weight is 341 g/mol. The van der Waals surface area contributed by atoms with Gasteiger partial charge in [0.2, 0.25) is 11.8 Å². The third kappa shape index (κ3) is 3.00. The number of hydrogen-bond donors (Lipinski definition) is 1. The zero-order valence-corrected chi connectivity index (χ0v) is 14.6. The minimum atomic E-state index is -0.0844. The van der Waals surface area contributed by atoms with Crippen molar-refractivity contribution in [1.29, 1.82) is 0 Å². The standard InChI is InChI=1S/C18H23N5O2/c1-22-8-6-12(7-9-22)23-18-14(11-19-23)13(10-16(24)21-18)15-4-3-5-17(20-15)25-2/h3-5,11-13H,6-10H2,1-2H3,(H,21,24). The number of nitrogens with one attached hydrogen (secondary N) is 1. The van der Waals surface area contributed by atoms with Crippen LogP contribution in [0.2, 0.25) is 0 Å². The van der Waals surface area contributed by atoms with Gasteiger partial charge in [0, 0.05) is 24.0 Å². The van der Waals surface area contributed by atoms with E-state index in [4.69, 9.17) is 4.74 Å². The summed E-state index contributed by atoms with van der Waals surface area (Å²) in [5.41, 5.74) is 1.89. The largest absolute Gasteiger partial charge is 0.481 e. The Bertz CT molecular complexity index is 780. The van der Waals surface area contributed by atoms with Gasteiger partial charge in [-0.3, -0.25) is 4.79 Å². The van der Waals surface area contributed by atoms with E-state index in [1.807, 2.05) is 29.1 Å². The van der Waals surface area contributed by atoms with Crippen molar-refractivity contribution in [1.82, 2.24) is 19.7 Å². The fourth-order valence-corrected chi connectivity index (χ4v) is 3.76. The van der Waals surface area contributed by atoms with Crippen LogP contribution in [0.5, 0.6) is 5.88 Å². The number of hydrogen-bond acceptors (Lipinski definition) is 5. The molecule has 0 saturated carbocycles. The molecule has 1 saturated heterocycles. The Labute approximate surface area is 147 Å². The lowest BCUT2D eigenvalue weighted by atomic mass is 9.90. The van der Waals surface area contributed by atoms with E-state index in [0.29, 0.717) is 18.3 Å². The molecule has 4 heterocycles. The second-order valence-electron chi connectivity index (χ2n) is 6.84. The van der Waals surface area contributed by atoms with Gasteiger partial charge >= 0.3 is 0 Å². The highest BCUT2D eigenvalue weighted by Crippen LogP contribution is 2.39. The number of carbonyl (C=O) groups is 1. The van der Waals surface area contributed by atoms with E-state index in [9.17, 15) is 4.79 Å². The second kappa shape index (κ2) is 6.48. The first-order valence-corrected chi connectivity index (χ1v) is 8.72. The van der Waals surface area contributed by atoms with Crippen molar-refractivity contribution < 1.29 is 9.53 Å². The Kier molecular flexibility index (Phi) is 4.17. The van der Waals surface area contributed by atoms with Gasteiger partial charge in [-0.05, 0) is 39.0 Å². The number of pyridine rings is 1. The first-order chi connectivity index (χ1) is 12.2. The van der Waals surface area contributed by atoms with E-state index in [-0.39, 0.29) is 11.8 Å². The number of aromatic nitrogens is 3. The molecule has 2 aliphatic heterocycles. The zero-order chi connectivity index (χ0) is 17.4. The van der Waals surface area contributed by atoms with Gasteiger partial charge in [-0.2, -0.15) is 5.10 Å². The molecule has 2 aliphatic rings. The van der Waals surface area contributed by atoms with Crippen LogP contribution in [0.1, 0.15) is 42.5 Å². The molecule has 1 fully saturated rings. The molecule has 1 amide bonds. The maximum absolute atomic E-state index is 12.3. The number of anilines is 1. The van der Waals surface area contributed by atoms with Crippen molar-refractivity contribution in [2.75, 3.05) is 32.6 Å². The quantitative estimate of drug-likeness (QED) is 0.925.